The highest BCUT2D eigenvalue weighted by atomic mass is 35.5. The fraction of sp³-hybridized carbons (Fsp3) is 0.182. The molecular formula is C11H9ClN2. The van der Waals surface area contributed by atoms with E-state index in [2.05, 4.69) is 9.83 Å². The van der Waals surface area contributed by atoms with Crippen LogP contribution in [0.3, 0.4) is 0 Å². The number of halogens is 1. The molecule has 1 aromatic heterocycles. The predicted octanol–water partition coefficient (Wildman–Crippen LogP) is 3.28. The van der Waals surface area contributed by atoms with Crippen LogP contribution in [-0.2, 0) is 6.42 Å². The van der Waals surface area contributed by atoms with Gasteiger partial charge in [-0.15, -0.1) is 0 Å². The van der Waals surface area contributed by atoms with Crippen LogP contribution in [0.1, 0.15) is 5.56 Å². The zero-order valence-corrected chi connectivity index (χ0v) is 8.30. The highest BCUT2D eigenvalue weighted by Crippen LogP contribution is 2.22. The molecule has 14 heavy (non-hydrogen) atoms. The Hall–Kier alpha value is -1.46. The minimum absolute atomic E-state index is 0.527. The van der Waals surface area contributed by atoms with Crippen molar-refractivity contribution < 1.29 is 0 Å². The number of hydrogen-bond acceptors (Lipinski definition) is 0. The molecule has 0 atom stereocenters. The van der Waals surface area contributed by atoms with Gasteiger partial charge in [0.25, 0.3) is 0 Å². The van der Waals surface area contributed by atoms with Crippen molar-refractivity contribution in [3.63, 3.8) is 0 Å². The first-order valence-electron chi connectivity index (χ1n) is 4.40. The third-order valence-corrected chi connectivity index (χ3v) is 2.46. The van der Waals surface area contributed by atoms with Crippen LogP contribution in [0.2, 0.25) is 5.02 Å². The smallest absolute Gasteiger partial charge is 0.218 e. The first-order chi connectivity index (χ1) is 6.81. The number of nitrogens with zero attached hydrogens (tertiary/aromatic N) is 1. The topological polar surface area (TPSA) is 20.1 Å². The summed E-state index contributed by atoms with van der Waals surface area (Å²) >= 11 is 5.91. The molecule has 0 aliphatic carbocycles. The maximum absolute atomic E-state index is 6.74. The van der Waals surface area contributed by atoms with Crippen molar-refractivity contribution in [2.24, 2.45) is 0 Å². The lowest BCUT2D eigenvalue weighted by atomic mass is 10.1. The van der Waals surface area contributed by atoms with E-state index >= 15 is 0 Å². The van der Waals surface area contributed by atoms with Crippen LogP contribution in [0.4, 0.5) is 0 Å². The largest absolute Gasteiger partial charge is 0.361 e. The van der Waals surface area contributed by atoms with E-state index in [9.17, 15) is 0 Å². The summed E-state index contributed by atoms with van der Waals surface area (Å²) in [4.78, 5) is 6.51. The lowest BCUT2D eigenvalue weighted by molar-refractivity contribution is 1.09. The van der Waals surface area contributed by atoms with Crippen LogP contribution >= 0.6 is 11.6 Å². The number of nitrogens with one attached hydrogen (secondary N) is 1. The van der Waals surface area contributed by atoms with E-state index in [0.29, 0.717) is 6.54 Å². The van der Waals surface area contributed by atoms with Crippen molar-refractivity contribution in [2.75, 3.05) is 6.54 Å². The van der Waals surface area contributed by atoms with Gasteiger partial charge >= 0.3 is 0 Å². The molecule has 0 saturated carbocycles. The first-order valence-corrected chi connectivity index (χ1v) is 4.78. The Labute approximate surface area is 87.3 Å². The zero-order valence-electron chi connectivity index (χ0n) is 7.55. The van der Waals surface area contributed by atoms with Gasteiger partial charge in [0.05, 0.1) is 0 Å². The van der Waals surface area contributed by atoms with Crippen molar-refractivity contribution in [3.8, 4) is 0 Å². The molecule has 0 spiro atoms. The molecule has 0 aliphatic heterocycles. The van der Waals surface area contributed by atoms with E-state index in [1.807, 2.05) is 24.4 Å². The van der Waals surface area contributed by atoms with E-state index in [-0.39, 0.29) is 0 Å². The quantitative estimate of drug-likeness (QED) is 0.725. The third kappa shape index (κ3) is 1.59. The molecule has 0 amide bonds. The minimum atomic E-state index is 0.527. The van der Waals surface area contributed by atoms with Gasteiger partial charge in [0.1, 0.15) is 0 Å². The monoisotopic (exact) mass is 204 g/mol. The molecule has 2 aromatic rings. The standard InChI is InChI=1S/C11H9ClN2/c1-13-5-4-8-7-14-11-3-2-9(12)6-10(8)11/h2-3,6-7,14H,4-5H2. The Morgan fingerprint density at radius 2 is 2.29 bits per heavy atom. The number of aromatic nitrogens is 1. The molecule has 0 aliphatic rings. The Balaban J connectivity index is 2.46. The van der Waals surface area contributed by atoms with Gasteiger partial charge in [0.15, 0.2) is 0 Å². The summed E-state index contributed by atoms with van der Waals surface area (Å²) < 4.78 is 0. The molecule has 1 heterocycles. The number of hydrogen-bond donors (Lipinski definition) is 1. The maximum Gasteiger partial charge on any atom is 0.218 e. The highest BCUT2D eigenvalue weighted by molar-refractivity contribution is 6.31. The van der Waals surface area contributed by atoms with Crippen LogP contribution < -0.4 is 0 Å². The third-order valence-electron chi connectivity index (χ3n) is 2.22. The molecule has 0 saturated heterocycles. The SMILES string of the molecule is [C-]#[N+]CCc1c[nH]c2ccc(Cl)cc12. The lowest BCUT2D eigenvalue weighted by Gasteiger charge is -1.94. The summed E-state index contributed by atoms with van der Waals surface area (Å²) in [5.74, 6) is 0. The van der Waals surface area contributed by atoms with Crippen molar-refractivity contribution in [2.45, 2.75) is 6.42 Å². The molecule has 0 radical (unpaired) electrons. The molecule has 1 N–H and O–H groups in total. The van der Waals surface area contributed by atoms with Gasteiger partial charge in [0, 0.05) is 28.5 Å². The van der Waals surface area contributed by atoms with E-state index in [0.717, 1.165) is 22.3 Å². The number of aromatic amines is 1. The van der Waals surface area contributed by atoms with Crippen molar-refractivity contribution >= 4 is 22.5 Å². The lowest BCUT2D eigenvalue weighted by Crippen LogP contribution is -1.84. The minimum Gasteiger partial charge on any atom is -0.361 e. The summed E-state index contributed by atoms with van der Waals surface area (Å²) in [5, 5.41) is 1.86. The second-order valence-corrected chi connectivity index (χ2v) is 3.57. The second kappa shape index (κ2) is 3.73. The van der Waals surface area contributed by atoms with E-state index in [1.54, 1.807) is 0 Å². The first kappa shape index (κ1) is 9.11. The molecule has 70 valence electrons. The van der Waals surface area contributed by atoms with Crippen molar-refractivity contribution in [3.05, 3.63) is 46.4 Å². The molecule has 1 aromatic carbocycles. The van der Waals surface area contributed by atoms with Gasteiger partial charge in [-0.1, -0.05) is 11.6 Å². The van der Waals surface area contributed by atoms with E-state index in [1.165, 1.54) is 5.56 Å². The number of benzene rings is 1. The van der Waals surface area contributed by atoms with Gasteiger partial charge in [-0.3, -0.25) is 0 Å². The maximum atomic E-state index is 6.74. The summed E-state index contributed by atoms with van der Waals surface area (Å²) in [6.45, 7) is 7.27. The normalized spacial score (nSPS) is 10.3. The summed E-state index contributed by atoms with van der Waals surface area (Å²) in [7, 11) is 0. The van der Waals surface area contributed by atoms with Crippen molar-refractivity contribution in [1.29, 1.82) is 0 Å². The Bertz CT molecular complexity index is 493. The molecular weight excluding hydrogens is 196 g/mol. The average Bonchev–Trinajstić information content (AvgIpc) is 2.57. The predicted molar refractivity (Wildman–Crippen MR) is 58.5 cm³/mol. The molecule has 0 fully saturated rings. The zero-order chi connectivity index (χ0) is 9.97. The van der Waals surface area contributed by atoms with Crippen LogP contribution in [0.25, 0.3) is 15.7 Å². The molecule has 2 nitrogen and oxygen atoms in total. The molecule has 3 heteroatoms. The van der Waals surface area contributed by atoms with Crippen LogP contribution in [0, 0.1) is 6.57 Å². The van der Waals surface area contributed by atoms with Gasteiger partial charge in [-0.25, -0.2) is 6.57 Å². The molecule has 2 rings (SSSR count). The van der Waals surface area contributed by atoms with Crippen molar-refractivity contribution in [1.82, 2.24) is 4.98 Å². The summed E-state index contributed by atoms with van der Waals surface area (Å²) in [5.41, 5.74) is 2.24. The second-order valence-electron chi connectivity index (χ2n) is 3.14. The van der Waals surface area contributed by atoms with Gasteiger partial charge in [-0.05, 0) is 23.8 Å². The van der Waals surface area contributed by atoms with Crippen LogP contribution in [-0.4, -0.2) is 11.5 Å². The number of H-pyrrole nitrogens is 1. The fourth-order valence-corrected chi connectivity index (χ4v) is 1.71. The fourth-order valence-electron chi connectivity index (χ4n) is 1.53. The Morgan fingerprint density at radius 3 is 3.07 bits per heavy atom. The van der Waals surface area contributed by atoms with Gasteiger partial charge < -0.3 is 9.83 Å². The number of rotatable bonds is 2. The van der Waals surface area contributed by atoms with Crippen LogP contribution in [0.5, 0.6) is 0 Å². The Morgan fingerprint density at radius 1 is 1.43 bits per heavy atom. The van der Waals surface area contributed by atoms with E-state index in [4.69, 9.17) is 18.2 Å². The molecule has 0 unspecified atom stereocenters. The highest BCUT2D eigenvalue weighted by Gasteiger charge is 2.04. The van der Waals surface area contributed by atoms with E-state index < -0.39 is 0 Å². The van der Waals surface area contributed by atoms with Gasteiger partial charge in [0.2, 0.25) is 6.54 Å². The Kier molecular flexibility index (Phi) is 2.43. The summed E-state index contributed by atoms with van der Waals surface area (Å²) in [6, 6.07) is 5.75. The average molecular weight is 205 g/mol. The molecule has 0 bridgehead atoms. The van der Waals surface area contributed by atoms with Gasteiger partial charge in [-0.2, -0.15) is 0 Å². The van der Waals surface area contributed by atoms with Crippen LogP contribution in [0.15, 0.2) is 24.4 Å². The number of fused-ring (bicyclic) bond motifs is 1. The summed E-state index contributed by atoms with van der Waals surface area (Å²) in [6.07, 6.45) is 2.73.